The van der Waals surface area contributed by atoms with Gasteiger partial charge in [0.25, 0.3) is 0 Å². The van der Waals surface area contributed by atoms with E-state index in [0.717, 1.165) is 17.7 Å². The molecular formula is C11H10FNO. The third-order valence-electron chi connectivity index (χ3n) is 2.03. The van der Waals surface area contributed by atoms with Gasteiger partial charge in [-0.3, -0.25) is 0 Å². The van der Waals surface area contributed by atoms with Crippen molar-refractivity contribution in [3.63, 3.8) is 0 Å². The highest BCUT2D eigenvalue weighted by Gasteiger charge is 2.05. The third-order valence-corrected chi connectivity index (χ3v) is 2.03. The monoisotopic (exact) mass is 191 g/mol. The van der Waals surface area contributed by atoms with Crippen molar-refractivity contribution in [3.05, 3.63) is 41.8 Å². The van der Waals surface area contributed by atoms with Crippen LogP contribution in [0.1, 0.15) is 12.6 Å². The maximum absolute atomic E-state index is 12.9. The molecule has 1 aromatic carbocycles. The van der Waals surface area contributed by atoms with Crippen LogP contribution in [0.3, 0.4) is 0 Å². The Hall–Kier alpha value is -1.64. The molecule has 2 nitrogen and oxygen atoms in total. The van der Waals surface area contributed by atoms with Gasteiger partial charge in [0.2, 0.25) is 0 Å². The van der Waals surface area contributed by atoms with E-state index in [9.17, 15) is 4.39 Å². The standard InChI is InChI=1S/C11H10FNO/c1-2-10-7-11(14-13-10)8-4-3-5-9(12)6-8/h3-7H,2H2,1H3. The van der Waals surface area contributed by atoms with Gasteiger partial charge in [0, 0.05) is 11.6 Å². The highest BCUT2D eigenvalue weighted by Crippen LogP contribution is 2.20. The van der Waals surface area contributed by atoms with Crippen molar-refractivity contribution in [2.75, 3.05) is 0 Å². The average Bonchev–Trinajstić information content (AvgIpc) is 2.66. The number of halogens is 1. The molecule has 0 fully saturated rings. The first-order chi connectivity index (χ1) is 6.79. The fraction of sp³-hybridized carbons (Fsp3) is 0.182. The van der Waals surface area contributed by atoms with Crippen LogP contribution < -0.4 is 0 Å². The summed E-state index contributed by atoms with van der Waals surface area (Å²) in [7, 11) is 0. The van der Waals surface area contributed by atoms with E-state index in [1.165, 1.54) is 12.1 Å². The van der Waals surface area contributed by atoms with Crippen LogP contribution in [-0.4, -0.2) is 5.16 Å². The number of nitrogens with zero attached hydrogens (tertiary/aromatic N) is 1. The first kappa shape index (κ1) is 8.94. The summed E-state index contributed by atoms with van der Waals surface area (Å²) >= 11 is 0. The molecule has 2 aromatic rings. The molecule has 1 heterocycles. The minimum atomic E-state index is -0.267. The van der Waals surface area contributed by atoms with Gasteiger partial charge in [-0.05, 0) is 18.6 Å². The number of hydrogen-bond donors (Lipinski definition) is 0. The van der Waals surface area contributed by atoms with Gasteiger partial charge in [-0.15, -0.1) is 0 Å². The van der Waals surface area contributed by atoms with Crippen LogP contribution >= 0.6 is 0 Å². The lowest BCUT2D eigenvalue weighted by molar-refractivity contribution is 0.424. The highest BCUT2D eigenvalue weighted by atomic mass is 19.1. The van der Waals surface area contributed by atoms with E-state index in [0.29, 0.717) is 5.76 Å². The average molecular weight is 191 g/mol. The van der Waals surface area contributed by atoms with Gasteiger partial charge < -0.3 is 4.52 Å². The van der Waals surface area contributed by atoms with Gasteiger partial charge >= 0.3 is 0 Å². The van der Waals surface area contributed by atoms with Gasteiger partial charge in [-0.1, -0.05) is 24.2 Å². The predicted molar refractivity (Wildman–Crippen MR) is 51.3 cm³/mol. The van der Waals surface area contributed by atoms with Crippen molar-refractivity contribution in [1.82, 2.24) is 5.16 Å². The van der Waals surface area contributed by atoms with Crippen molar-refractivity contribution in [2.45, 2.75) is 13.3 Å². The maximum Gasteiger partial charge on any atom is 0.167 e. The lowest BCUT2D eigenvalue weighted by atomic mass is 10.1. The molecule has 0 spiro atoms. The molecule has 0 bridgehead atoms. The summed E-state index contributed by atoms with van der Waals surface area (Å²) in [6, 6.07) is 8.11. The van der Waals surface area contributed by atoms with Crippen LogP contribution in [0.25, 0.3) is 11.3 Å². The summed E-state index contributed by atoms with van der Waals surface area (Å²) < 4.78 is 18.0. The van der Waals surface area contributed by atoms with Crippen LogP contribution in [0, 0.1) is 5.82 Å². The SMILES string of the molecule is CCc1cc(-c2cccc(F)c2)on1. The molecule has 72 valence electrons. The summed E-state index contributed by atoms with van der Waals surface area (Å²) in [6.45, 7) is 1.99. The zero-order chi connectivity index (χ0) is 9.97. The first-order valence-electron chi connectivity index (χ1n) is 4.51. The summed E-state index contributed by atoms with van der Waals surface area (Å²) in [4.78, 5) is 0. The summed E-state index contributed by atoms with van der Waals surface area (Å²) in [5, 5.41) is 3.84. The minimum absolute atomic E-state index is 0.267. The van der Waals surface area contributed by atoms with Gasteiger partial charge in [-0.2, -0.15) is 0 Å². The van der Waals surface area contributed by atoms with E-state index in [-0.39, 0.29) is 5.82 Å². The van der Waals surface area contributed by atoms with Gasteiger partial charge in [0.1, 0.15) is 5.82 Å². The quantitative estimate of drug-likeness (QED) is 0.729. The predicted octanol–water partition coefficient (Wildman–Crippen LogP) is 3.04. The van der Waals surface area contributed by atoms with Crippen molar-refractivity contribution < 1.29 is 8.91 Å². The Morgan fingerprint density at radius 1 is 1.36 bits per heavy atom. The Morgan fingerprint density at radius 3 is 2.86 bits per heavy atom. The molecule has 0 aliphatic heterocycles. The molecular weight excluding hydrogens is 181 g/mol. The topological polar surface area (TPSA) is 26.0 Å². The van der Waals surface area contributed by atoms with Crippen molar-refractivity contribution in [3.8, 4) is 11.3 Å². The van der Waals surface area contributed by atoms with E-state index in [4.69, 9.17) is 4.52 Å². The molecule has 2 rings (SSSR count). The molecule has 0 atom stereocenters. The van der Waals surface area contributed by atoms with Crippen LogP contribution in [0.2, 0.25) is 0 Å². The number of benzene rings is 1. The second-order valence-corrected chi connectivity index (χ2v) is 3.05. The maximum atomic E-state index is 12.9. The molecule has 14 heavy (non-hydrogen) atoms. The molecule has 3 heteroatoms. The molecule has 0 aliphatic rings. The molecule has 0 saturated carbocycles. The molecule has 0 aliphatic carbocycles. The minimum Gasteiger partial charge on any atom is -0.356 e. The smallest absolute Gasteiger partial charge is 0.167 e. The Balaban J connectivity index is 2.39. The molecule has 0 radical (unpaired) electrons. The van der Waals surface area contributed by atoms with E-state index in [2.05, 4.69) is 5.16 Å². The van der Waals surface area contributed by atoms with Crippen LogP contribution in [0.15, 0.2) is 34.9 Å². The fourth-order valence-corrected chi connectivity index (χ4v) is 1.26. The molecule has 0 unspecified atom stereocenters. The van der Waals surface area contributed by atoms with Crippen molar-refractivity contribution in [2.24, 2.45) is 0 Å². The van der Waals surface area contributed by atoms with Gasteiger partial charge in [0.15, 0.2) is 5.76 Å². The Kier molecular flexibility index (Phi) is 2.31. The fourth-order valence-electron chi connectivity index (χ4n) is 1.26. The van der Waals surface area contributed by atoms with Crippen molar-refractivity contribution >= 4 is 0 Å². The second-order valence-electron chi connectivity index (χ2n) is 3.05. The van der Waals surface area contributed by atoms with Gasteiger partial charge in [0.05, 0.1) is 5.69 Å². The molecule has 0 amide bonds. The Bertz CT molecular complexity index is 436. The van der Waals surface area contributed by atoms with Gasteiger partial charge in [-0.25, -0.2) is 4.39 Å². The van der Waals surface area contributed by atoms with Crippen LogP contribution in [0.4, 0.5) is 4.39 Å². The Morgan fingerprint density at radius 2 is 2.21 bits per heavy atom. The number of rotatable bonds is 2. The summed E-state index contributed by atoms with van der Waals surface area (Å²) in [6.07, 6.45) is 0.818. The number of hydrogen-bond acceptors (Lipinski definition) is 2. The van der Waals surface area contributed by atoms with Crippen LogP contribution in [0.5, 0.6) is 0 Å². The van der Waals surface area contributed by atoms with E-state index in [1.54, 1.807) is 12.1 Å². The lowest BCUT2D eigenvalue weighted by Gasteiger charge is -1.93. The zero-order valence-corrected chi connectivity index (χ0v) is 7.83. The molecule has 0 N–H and O–H groups in total. The van der Waals surface area contributed by atoms with E-state index < -0.39 is 0 Å². The largest absolute Gasteiger partial charge is 0.356 e. The third kappa shape index (κ3) is 1.66. The van der Waals surface area contributed by atoms with E-state index >= 15 is 0 Å². The second kappa shape index (κ2) is 3.62. The lowest BCUT2D eigenvalue weighted by Crippen LogP contribution is -1.76. The van der Waals surface area contributed by atoms with Crippen molar-refractivity contribution in [1.29, 1.82) is 0 Å². The number of aromatic nitrogens is 1. The summed E-state index contributed by atoms with van der Waals surface area (Å²) in [5.41, 5.74) is 1.60. The molecule has 0 saturated heterocycles. The highest BCUT2D eigenvalue weighted by molar-refractivity contribution is 5.57. The zero-order valence-electron chi connectivity index (χ0n) is 7.83. The molecule has 1 aromatic heterocycles. The number of aryl methyl sites for hydroxylation is 1. The Labute approximate surface area is 81.3 Å². The normalized spacial score (nSPS) is 10.4. The first-order valence-corrected chi connectivity index (χ1v) is 4.51. The summed E-state index contributed by atoms with van der Waals surface area (Å²) in [5.74, 6) is 0.346. The van der Waals surface area contributed by atoms with Crippen LogP contribution in [-0.2, 0) is 6.42 Å². The van der Waals surface area contributed by atoms with E-state index in [1.807, 2.05) is 13.0 Å².